The molecule has 4 heteroatoms. The fourth-order valence-electron chi connectivity index (χ4n) is 1.50. The Balaban J connectivity index is 1.88. The van der Waals surface area contributed by atoms with Crippen molar-refractivity contribution >= 4 is 11.6 Å². The second-order valence-corrected chi connectivity index (χ2v) is 3.56. The summed E-state index contributed by atoms with van der Waals surface area (Å²) >= 11 is 0. The monoisotopic (exact) mass is 204 g/mol. The molecule has 2 rings (SSSR count). The molecule has 0 unspecified atom stereocenters. The predicted octanol–water partition coefficient (Wildman–Crippen LogP) is 1.20. The number of amides is 1. The number of carbonyl (C=O) groups is 1. The number of hydrogen-bond acceptors (Lipinski definition) is 3. The quantitative estimate of drug-likeness (QED) is 0.777. The van der Waals surface area contributed by atoms with Gasteiger partial charge in [0.15, 0.2) is 0 Å². The van der Waals surface area contributed by atoms with Gasteiger partial charge in [0, 0.05) is 5.71 Å². The first-order valence-corrected chi connectivity index (χ1v) is 4.86. The zero-order chi connectivity index (χ0) is 10.7. The number of benzene rings is 1. The minimum atomic E-state index is -0.0318. The average Bonchev–Trinajstić information content (AvgIpc) is 2.64. The summed E-state index contributed by atoms with van der Waals surface area (Å²) in [7, 11) is 0. The van der Waals surface area contributed by atoms with Gasteiger partial charge in [-0.3, -0.25) is 4.79 Å². The number of nitrogens with one attached hydrogen (secondary N) is 1. The van der Waals surface area contributed by atoms with E-state index in [0.717, 1.165) is 24.1 Å². The molecule has 0 aromatic heterocycles. The van der Waals surface area contributed by atoms with Crippen molar-refractivity contribution in [2.45, 2.75) is 19.3 Å². The number of aryl methyl sites for hydroxylation is 1. The van der Waals surface area contributed by atoms with Gasteiger partial charge in [0.05, 0.1) is 6.42 Å². The number of phenolic OH excluding ortho intramolecular Hbond substituents is 1. The molecule has 0 saturated carbocycles. The molecule has 0 saturated heterocycles. The van der Waals surface area contributed by atoms with Gasteiger partial charge < -0.3 is 5.11 Å². The molecule has 0 spiro atoms. The van der Waals surface area contributed by atoms with Crippen LogP contribution in [0.15, 0.2) is 29.4 Å². The van der Waals surface area contributed by atoms with Crippen LogP contribution in [0.5, 0.6) is 5.75 Å². The van der Waals surface area contributed by atoms with Crippen molar-refractivity contribution in [2.75, 3.05) is 0 Å². The largest absolute Gasteiger partial charge is 0.508 e. The smallest absolute Gasteiger partial charge is 0.245 e. The highest BCUT2D eigenvalue weighted by atomic mass is 16.3. The minimum Gasteiger partial charge on any atom is -0.508 e. The Hall–Kier alpha value is -1.84. The van der Waals surface area contributed by atoms with Crippen molar-refractivity contribution in [3.8, 4) is 5.75 Å². The van der Waals surface area contributed by atoms with Crippen molar-refractivity contribution in [2.24, 2.45) is 5.10 Å². The highest BCUT2D eigenvalue weighted by Crippen LogP contribution is 2.12. The first kappa shape index (κ1) is 9.71. The molecule has 0 fully saturated rings. The van der Waals surface area contributed by atoms with Crippen LogP contribution in [0.25, 0.3) is 0 Å². The van der Waals surface area contributed by atoms with Crippen molar-refractivity contribution in [3.63, 3.8) is 0 Å². The fourth-order valence-corrected chi connectivity index (χ4v) is 1.50. The molecule has 1 aromatic rings. The van der Waals surface area contributed by atoms with Crippen LogP contribution in [-0.2, 0) is 11.2 Å². The second kappa shape index (κ2) is 4.13. The summed E-state index contributed by atoms with van der Waals surface area (Å²) in [6.45, 7) is 0. The number of rotatable bonds is 3. The Morgan fingerprint density at radius 2 is 2.00 bits per heavy atom. The van der Waals surface area contributed by atoms with Crippen LogP contribution in [0.2, 0.25) is 0 Å². The number of carbonyl (C=O) groups excluding carboxylic acids is 1. The minimum absolute atomic E-state index is 0.0318. The molecule has 4 nitrogen and oxygen atoms in total. The third-order valence-corrected chi connectivity index (χ3v) is 2.34. The third-order valence-electron chi connectivity index (χ3n) is 2.34. The Morgan fingerprint density at radius 3 is 2.60 bits per heavy atom. The topological polar surface area (TPSA) is 61.7 Å². The first-order chi connectivity index (χ1) is 7.24. The summed E-state index contributed by atoms with van der Waals surface area (Å²) in [6, 6.07) is 7.07. The lowest BCUT2D eigenvalue weighted by Gasteiger charge is -2.00. The molecule has 15 heavy (non-hydrogen) atoms. The number of hydrazone groups is 1. The van der Waals surface area contributed by atoms with Gasteiger partial charge in [-0.15, -0.1) is 0 Å². The lowest BCUT2D eigenvalue weighted by molar-refractivity contribution is -0.119. The first-order valence-electron chi connectivity index (χ1n) is 4.86. The molecule has 78 valence electrons. The molecule has 1 aliphatic rings. The van der Waals surface area contributed by atoms with E-state index in [1.165, 1.54) is 0 Å². The van der Waals surface area contributed by atoms with Crippen LogP contribution in [0.3, 0.4) is 0 Å². The molecular weight excluding hydrogens is 192 g/mol. The normalized spacial score (nSPS) is 14.9. The summed E-state index contributed by atoms with van der Waals surface area (Å²) in [5, 5.41) is 13.0. The van der Waals surface area contributed by atoms with E-state index in [1.54, 1.807) is 12.1 Å². The van der Waals surface area contributed by atoms with Gasteiger partial charge in [-0.1, -0.05) is 12.1 Å². The molecule has 0 radical (unpaired) electrons. The molecule has 2 N–H and O–H groups in total. The van der Waals surface area contributed by atoms with Gasteiger partial charge in [-0.2, -0.15) is 5.10 Å². The molecule has 1 amide bonds. The van der Waals surface area contributed by atoms with Crippen LogP contribution >= 0.6 is 0 Å². The van der Waals surface area contributed by atoms with Gasteiger partial charge in [-0.25, -0.2) is 5.43 Å². The Morgan fingerprint density at radius 1 is 1.27 bits per heavy atom. The van der Waals surface area contributed by atoms with E-state index in [1.807, 2.05) is 12.1 Å². The summed E-state index contributed by atoms with van der Waals surface area (Å²) in [5.41, 5.74) is 4.45. The third kappa shape index (κ3) is 2.56. The maximum absolute atomic E-state index is 10.9. The van der Waals surface area contributed by atoms with Gasteiger partial charge in [0.2, 0.25) is 5.91 Å². The Labute approximate surface area is 87.6 Å². The number of phenols is 1. The van der Waals surface area contributed by atoms with Crippen molar-refractivity contribution < 1.29 is 9.90 Å². The highest BCUT2D eigenvalue weighted by molar-refractivity contribution is 6.04. The zero-order valence-electron chi connectivity index (χ0n) is 8.23. The van der Waals surface area contributed by atoms with E-state index in [4.69, 9.17) is 5.11 Å². The van der Waals surface area contributed by atoms with Gasteiger partial charge in [-0.05, 0) is 30.5 Å². The van der Waals surface area contributed by atoms with Crippen molar-refractivity contribution in [3.05, 3.63) is 29.8 Å². The number of nitrogens with zero attached hydrogens (tertiary/aromatic N) is 1. The fraction of sp³-hybridized carbons (Fsp3) is 0.273. The maximum atomic E-state index is 10.9. The molecule has 1 aliphatic heterocycles. The maximum Gasteiger partial charge on any atom is 0.245 e. The number of aromatic hydroxyl groups is 1. The van der Waals surface area contributed by atoms with E-state index in [0.29, 0.717) is 6.42 Å². The van der Waals surface area contributed by atoms with E-state index < -0.39 is 0 Å². The highest BCUT2D eigenvalue weighted by Gasteiger charge is 2.13. The SMILES string of the molecule is O=C1CC(CCc2ccc(O)cc2)=NN1. The number of hydrogen-bond donors (Lipinski definition) is 2. The van der Waals surface area contributed by atoms with E-state index in [9.17, 15) is 4.79 Å². The van der Waals surface area contributed by atoms with Crippen LogP contribution in [0.4, 0.5) is 0 Å². The standard InChI is InChI=1S/C11H12N2O2/c14-10-5-2-8(3-6-10)1-4-9-7-11(15)13-12-9/h2-3,5-6,14H,1,4,7H2,(H,13,15). The Kier molecular flexibility index (Phi) is 2.67. The van der Waals surface area contributed by atoms with Crippen molar-refractivity contribution in [1.82, 2.24) is 5.43 Å². The predicted molar refractivity (Wildman–Crippen MR) is 56.6 cm³/mol. The Bertz CT molecular complexity index is 396. The lowest BCUT2D eigenvalue weighted by atomic mass is 10.1. The van der Waals surface area contributed by atoms with E-state index in [-0.39, 0.29) is 11.7 Å². The van der Waals surface area contributed by atoms with E-state index in [2.05, 4.69) is 10.5 Å². The van der Waals surface area contributed by atoms with E-state index >= 15 is 0 Å². The van der Waals surface area contributed by atoms with Gasteiger partial charge in [0.25, 0.3) is 0 Å². The summed E-state index contributed by atoms with van der Waals surface area (Å²) in [5.74, 6) is 0.240. The molecule has 0 atom stereocenters. The summed E-state index contributed by atoms with van der Waals surface area (Å²) in [4.78, 5) is 10.9. The van der Waals surface area contributed by atoms with Gasteiger partial charge >= 0.3 is 0 Å². The summed E-state index contributed by atoms with van der Waals surface area (Å²) < 4.78 is 0. The van der Waals surface area contributed by atoms with Gasteiger partial charge in [0.1, 0.15) is 5.75 Å². The van der Waals surface area contributed by atoms with Crippen molar-refractivity contribution in [1.29, 1.82) is 0 Å². The molecule has 0 aliphatic carbocycles. The average molecular weight is 204 g/mol. The molecule has 1 heterocycles. The van der Waals surface area contributed by atoms with Crippen LogP contribution in [-0.4, -0.2) is 16.7 Å². The summed E-state index contributed by atoms with van der Waals surface area (Å²) in [6.07, 6.45) is 2.04. The molecular formula is C11H12N2O2. The van der Waals surface area contributed by atoms with Crippen LogP contribution in [0.1, 0.15) is 18.4 Å². The lowest BCUT2D eigenvalue weighted by Crippen LogP contribution is -2.09. The zero-order valence-corrected chi connectivity index (χ0v) is 8.23. The van der Waals surface area contributed by atoms with Crippen LogP contribution in [0, 0.1) is 0 Å². The molecule has 1 aromatic carbocycles. The van der Waals surface area contributed by atoms with Crippen LogP contribution < -0.4 is 5.43 Å². The second-order valence-electron chi connectivity index (χ2n) is 3.56. The molecule has 0 bridgehead atoms.